The molecule has 0 spiro atoms. The fourth-order valence-corrected chi connectivity index (χ4v) is 4.65. The van der Waals surface area contributed by atoms with Crippen LogP contribution in [0.4, 0.5) is 0 Å². The largest absolute Gasteiger partial charge is 0.328 e. The summed E-state index contributed by atoms with van der Waals surface area (Å²) in [6.45, 7) is 3.36. The third-order valence-corrected chi connectivity index (χ3v) is 5.92. The van der Waals surface area contributed by atoms with Gasteiger partial charge in [-0.3, -0.25) is 0 Å². The highest BCUT2D eigenvalue weighted by Crippen LogP contribution is 2.36. The van der Waals surface area contributed by atoms with Crippen molar-refractivity contribution < 1.29 is 8.42 Å². The molecule has 0 aromatic rings. The summed E-state index contributed by atoms with van der Waals surface area (Å²) < 4.78 is 25.6. The van der Waals surface area contributed by atoms with Crippen molar-refractivity contribution in [2.45, 2.75) is 38.6 Å². The van der Waals surface area contributed by atoms with E-state index in [4.69, 9.17) is 5.73 Å². The second-order valence-corrected chi connectivity index (χ2v) is 7.31. The quantitative estimate of drug-likeness (QED) is 0.800. The normalized spacial score (nSPS) is 36.2. The van der Waals surface area contributed by atoms with Crippen molar-refractivity contribution >= 4 is 10.0 Å². The van der Waals surface area contributed by atoms with Crippen molar-refractivity contribution in [2.24, 2.45) is 17.6 Å². The maximum Gasteiger partial charge on any atom is 0.214 e. The van der Waals surface area contributed by atoms with E-state index in [9.17, 15) is 8.42 Å². The summed E-state index contributed by atoms with van der Waals surface area (Å²) in [6.07, 6.45) is 3.86. The number of nitrogens with zero attached hydrogens (tertiary/aromatic N) is 1. The zero-order chi connectivity index (χ0) is 11.8. The molecular weight excluding hydrogens is 224 g/mol. The Hall–Kier alpha value is -0.130. The van der Waals surface area contributed by atoms with Crippen molar-refractivity contribution in [1.82, 2.24) is 4.31 Å². The van der Waals surface area contributed by atoms with Crippen molar-refractivity contribution in [2.75, 3.05) is 18.8 Å². The van der Waals surface area contributed by atoms with Gasteiger partial charge < -0.3 is 5.73 Å². The smallest absolute Gasteiger partial charge is 0.214 e. The number of rotatable bonds is 3. The number of hydrogen-bond donors (Lipinski definition) is 1. The highest BCUT2D eigenvalue weighted by atomic mass is 32.2. The van der Waals surface area contributed by atoms with Crippen LogP contribution in [-0.2, 0) is 10.0 Å². The van der Waals surface area contributed by atoms with E-state index in [0.717, 1.165) is 25.8 Å². The van der Waals surface area contributed by atoms with Gasteiger partial charge in [0.05, 0.1) is 5.75 Å². The maximum absolute atomic E-state index is 12.0. The van der Waals surface area contributed by atoms with E-state index in [-0.39, 0.29) is 6.04 Å². The lowest BCUT2D eigenvalue weighted by molar-refractivity contribution is 0.271. The molecule has 0 aromatic heterocycles. The lowest BCUT2D eigenvalue weighted by atomic mass is 9.79. The third kappa shape index (κ3) is 2.41. The van der Waals surface area contributed by atoms with Gasteiger partial charge in [-0.2, -0.15) is 0 Å². The highest BCUT2D eigenvalue weighted by molar-refractivity contribution is 7.89. The molecule has 16 heavy (non-hydrogen) atoms. The van der Waals surface area contributed by atoms with Crippen LogP contribution in [-0.4, -0.2) is 37.6 Å². The number of nitrogens with two attached hydrogens (primary N) is 1. The van der Waals surface area contributed by atoms with Gasteiger partial charge >= 0.3 is 0 Å². The fourth-order valence-electron chi connectivity index (χ4n) is 3.04. The Bertz CT molecular complexity index is 342. The Balaban J connectivity index is 2.02. The minimum Gasteiger partial charge on any atom is -0.328 e. The van der Waals surface area contributed by atoms with Crippen LogP contribution >= 0.6 is 0 Å². The zero-order valence-corrected chi connectivity index (χ0v) is 10.7. The summed E-state index contributed by atoms with van der Waals surface area (Å²) in [5.41, 5.74) is 5.94. The van der Waals surface area contributed by atoms with E-state index >= 15 is 0 Å². The molecule has 1 aliphatic heterocycles. The summed E-state index contributed by atoms with van der Waals surface area (Å²) in [6, 6.07) is 0.287. The molecule has 0 bridgehead atoms. The maximum atomic E-state index is 12.0. The topological polar surface area (TPSA) is 63.4 Å². The molecule has 0 amide bonds. The summed E-state index contributed by atoms with van der Waals surface area (Å²) in [4.78, 5) is 0. The highest BCUT2D eigenvalue weighted by Gasteiger charge is 2.40. The zero-order valence-electron chi connectivity index (χ0n) is 9.93. The Labute approximate surface area is 98.2 Å². The molecule has 2 aliphatic rings. The van der Waals surface area contributed by atoms with Gasteiger partial charge in [0.15, 0.2) is 0 Å². The minimum absolute atomic E-state index is 0.287. The molecule has 4 nitrogen and oxygen atoms in total. The van der Waals surface area contributed by atoms with Crippen molar-refractivity contribution in [3.05, 3.63) is 0 Å². The van der Waals surface area contributed by atoms with Gasteiger partial charge in [-0.25, -0.2) is 12.7 Å². The van der Waals surface area contributed by atoms with Crippen LogP contribution in [0.2, 0.25) is 0 Å². The van der Waals surface area contributed by atoms with E-state index in [1.165, 1.54) is 0 Å². The first-order valence-corrected chi connectivity index (χ1v) is 7.87. The lowest BCUT2D eigenvalue weighted by Gasteiger charge is -2.28. The molecule has 3 atom stereocenters. The first-order chi connectivity index (χ1) is 7.53. The van der Waals surface area contributed by atoms with Crippen molar-refractivity contribution in [3.63, 3.8) is 0 Å². The van der Waals surface area contributed by atoms with Gasteiger partial charge in [0.25, 0.3) is 0 Å². The number of hydrogen-bond acceptors (Lipinski definition) is 3. The van der Waals surface area contributed by atoms with Gasteiger partial charge in [0.1, 0.15) is 0 Å². The molecule has 2 N–H and O–H groups in total. The number of sulfonamides is 1. The molecule has 1 saturated heterocycles. The Morgan fingerprint density at radius 1 is 1.25 bits per heavy atom. The summed E-state index contributed by atoms with van der Waals surface area (Å²) >= 11 is 0. The summed E-state index contributed by atoms with van der Waals surface area (Å²) in [5, 5.41) is 0. The minimum atomic E-state index is -2.99. The molecule has 1 saturated carbocycles. The van der Waals surface area contributed by atoms with Gasteiger partial charge in [-0.05, 0) is 37.5 Å². The van der Waals surface area contributed by atoms with Gasteiger partial charge in [-0.15, -0.1) is 0 Å². The monoisotopic (exact) mass is 246 g/mol. The van der Waals surface area contributed by atoms with E-state index in [0.29, 0.717) is 30.6 Å². The van der Waals surface area contributed by atoms with Crippen LogP contribution in [0.1, 0.15) is 32.6 Å². The molecule has 0 radical (unpaired) electrons. The predicted octanol–water partition coefficient (Wildman–Crippen LogP) is 0.785. The molecule has 0 aromatic carbocycles. The average molecular weight is 246 g/mol. The average Bonchev–Trinajstić information content (AvgIpc) is 2.61. The molecular formula is C11H22N2O2S. The van der Waals surface area contributed by atoms with E-state index < -0.39 is 10.0 Å². The van der Waals surface area contributed by atoms with E-state index in [2.05, 4.69) is 0 Å². The second kappa shape index (κ2) is 4.63. The Kier molecular flexibility index (Phi) is 3.56. The second-order valence-electron chi connectivity index (χ2n) is 5.23. The molecule has 1 heterocycles. The first kappa shape index (κ1) is 12.3. The van der Waals surface area contributed by atoms with Gasteiger partial charge in [-0.1, -0.05) is 6.92 Å². The first-order valence-electron chi connectivity index (χ1n) is 6.26. The predicted molar refractivity (Wildman–Crippen MR) is 64.5 cm³/mol. The molecule has 2 fully saturated rings. The molecule has 2 rings (SSSR count). The Morgan fingerprint density at radius 2 is 1.94 bits per heavy atom. The van der Waals surface area contributed by atoms with E-state index in [1.54, 1.807) is 4.31 Å². The summed E-state index contributed by atoms with van der Waals surface area (Å²) in [5.74, 6) is 1.36. The van der Waals surface area contributed by atoms with Crippen LogP contribution in [0.15, 0.2) is 0 Å². The van der Waals surface area contributed by atoms with Gasteiger partial charge in [0, 0.05) is 19.1 Å². The van der Waals surface area contributed by atoms with Crippen LogP contribution < -0.4 is 5.73 Å². The van der Waals surface area contributed by atoms with Crippen LogP contribution in [0.3, 0.4) is 0 Å². The van der Waals surface area contributed by atoms with E-state index in [1.807, 2.05) is 6.92 Å². The molecule has 94 valence electrons. The third-order valence-electron chi connectivity index (χ3n) is 3.91. The summed E-state index contributed by atoms with van der Waals surface area (Å²) in [7, 11) is -2.99. The standard InChI is InChI=1S/C11H22N2O2S/c1-2-5-16(14,15)13-7-9-3-4-11(12)6-10(9)8-13/h9-11H,2-8,12H2,1H3/t9-,10+,11?/m1/s1. The van der Waals surface area contributed by atoms with Gasteiger partial charge in [0.2, 0.25) is 10.0 Å². The van der Waals surface area contributed by atoms with Crippen molar-refractivity contribution in [3.8, 4) is 0 Å². The number of fused-ring (bicyclic) bond motifs is 1. The molecule has 1 aliphatic carbocycles. The van der Waals surface area contributed by atoms with Crippen molar-refractivity contribution in [1.29, 1.82) is 0 Å². The SMILES string of the molecule is CCCS(=O)(=O)N1C[C@H]2CCC(N)C[C@H]2C1. The Morgan fingerprint density at radius 3 is 2.62 bits per heavy atom. The van der Waals surface area contributed by atoms with Crippen LogP contribution in [0.5, 0.6) is 0 Å². The fraction of sp³-hybridized carbons (Fsp3) is 1.00. The lowest BCUT2D eigenvalue weighted by Crippen LogP contribution is -2.32. The van der Waals surface area contributed by atoms with Crippen LogP contribution in [0.25, 0.3) is 0 Å². The molecule has 1 unspecified atom stereocenters. The molecule has 5 heteroatoms. The van der Waals surface area contributed by atoms with Crippen LogP contribution in [0, 0.1) is 11.8 Å².